The van der Waals surface area contributed by atoms with Crippen LogP contribution in [0.2, 0.25) is 5.15 Å². The summed E-state index contributed by atoms with van der Waals surface area (Å²) >= 11 is 9.51. The minimum absolute atomic E-state index is 0.417. The molecule has 0 bridgehead atoms. The van der Waals surface area contributed by atoms with Crippen LogP contribution in [0.1, 0.15) is 19.8 Å². The number of nitrogens with one attached hydrogen (secondary N) is 1. The van der Waals surface area contributed by atoms with Gasteiger partial charge in [-0.25, -0.2) is 14.3 Å². The molecule has 27 heavy (non-hydrogen) atoms. The van der Waals surface area contributed by atoms with E-state index in [4.69, 9.17) is 21.3 Å². The number of halogens is 1. The smallest absolute Gasteiger partial charge is 0.184 e. The third kappa shape index (κ3) is 4.85. The van der Waals surface area contributed by atoms with Gasteiger partial charge in [0, 0.05) is 43.2 Å². The third-order valence-corrected chi connectivity index (χ3v) is 6.43. The summed E-state index contributed by atoms with van der Waals surface area (Å²) in [6.07, 6.45) is 4.05. The van der Waals surface area contributed by atoms with E-state index in [1.807, 2.05) is 30.1 Å². The number of hydrogen-bond acceptors (Lipinski definition) is 7. The largest absolute Gasteiger partial charge is 0.457 e. The number of pyridine rings is 1. The summed E-state index contributed by atoms with van der Waals surface area (Å²) in [4.78, 5) is 8.71. The first-order chi connectivity index (χ1) is 13.2. The van der Waals surface area contributed by atoms with Crippen molar-refractivity contribution < 1.29 is 4.74 Å². The predicted octanol–water partition coefficient (Wildman–Crippen LogP) is 5.68. The van der Waals surface area contributed by atoms with Crippen LogP contribution in [-0.2, 0) is 0 Å². The molecule has 0 spiro atoms. The molecule has 5 nitrogen and oxygen atoms in total. The maximum atomic E-state index is 5.92. The summed E-state index contributed by atoms with van der Waals surface area (Å²) in [7, 11) is 0. The Morgan fingerprint density at radius 2 is 2.22 bits per heavy atom. The quantitative estimate of drug-likeness (QED) is 0.409. The van der Waals surface area contributed by atoms with Crippen molar-refractivity contribution in [3.05, 3.63) is 41.7 Å². The first-order valence-electron chi connectivity index (χ1n) is 9.04. The molecule has 1 saturated heterocycles. The number of nitrogens with zero attached hydrogens (tertiary/aromatic N) is 3. The molecule has 142 valence electrons. The number of ether oxygens (including phenoxy) is 1. The first-order valence-corrected chi connectivity index (χ1v) is 11.2. The summed E-state index contributed by atoms with van der Waals surface area (Å²) in [5.74, 6) is 2.57. The molecule has 0 aliphatic carbocycles. The average Bonchev–Trinajstić information content (AvgIpc) is 3.04. The number of rotatable bonds is 6. The number of fused-ring (bicyclic) bond motifs is 1. The molecule has 1 aliphatic heterocycles. The Bertz CT molecular complexity index is 918. The number of piperidine rings is 1. The summed E-state index contributed by atoms with van der Waals surface area (Å²) < 4.78 is 9.45. The first kappa shape index (κ1) is 18.8. The van der Waals surface area contributed by atoms with E-state index in [9.17, 15) is 0 Å². The second-order valence-electron chi connectivity index (χ2n) is 6.35. The zero-order chi connectivity index (χ0) is 18.6. The van der Waals surface area contributed by atoms with E-state index < -0.39 is 0 Å². The van der Waals surface area contributed by atoms with E-state index in [1.165, 1.54) is 19.4 Å². The fourth-order valence-electron chi connectivity index (χ4n) is 3.15. The Hall–Kier alpha value is -1.54. The van der Waals surface area contributed by atoms with E-state index in [1.54, 1.807) is 29.7 Å². The van der Waals surface area contributed by atoms with Crippen LogP contribution in [0, 0.1) is 0 Å². The summed E-state index contributed by atoms with van der Waals surface area (Å²) in [5.41, 5.74) is 0.984. The molecule has 0 radical (unpaired) electrons. The Morgan fingerprint density at radius 3 is 3.07 bits per heavy atom. The van der Waals surface area contributed by atoms with Crippen molar-refractivity contribution in [3.8, 4) is 11.5 Å². The molecule has 1 atom stereocenters. The number of aromatic nitrogens is 2. The summed E-state index contributed by atoms with van der Waals surface area (Å²) in [5, 5.41) is 5.01. The van der Waals surface area contributed by atoms with Crippen LogP contribution >= 0.6 is 34.9 Å². The molecule has 1 fully saturated rings. The van der Waals surface area contributed by atoms with Gasteiger partial charge in [-0.2, -0.15) is 0 Å². The second kappa shape index (κ2) is 8.65. The Balaban J connectivity index is 1.46. The lowest BCUT2D eigenvalue weighted by Crippen LogP contribution is -2.38. The number of thiazole rings is 1. The van der Waals surface area contributed by atoms with Crippen LogP contribution in [-0.4, -0.2) is 39.2 Å². The van der Waals surface area contributed by atoms with Crippen LogP contribution in [0.5, 0.6) is 11.5 Å². The SMILES string of the molecule is CCSN1CCCC(Nc2nc3ccc(Oc4ccnc(Cl)c4)cc3s2)C1. The van der Waals surface area contributed by atoms with Crippen LogP contribution in [0.25, 0.3) is 10.2 Å². The van der Waals surface area contributed by atoms with Gasteiger partial charge in [0.05, 0.1) is 10.2 Å². The molecule has 1 aliphatic rings. The lowest BCUT2D eigenvalue weighted by atomic mass is 10.1. The standard InChI is InChI=1S/C19H21ClN4OS2/c1-2-26-24-9-3-4-13(12-24)22-19-23-16-6-5-14(10-17(16)27-19)25-15-7-8-21-18(20)11-15/h5-8,10-11,13H,2-4,9,12H2,1H3,(H,22,23). The van der Waals surface area contributed by atoms with E-state index >= 15 is 0 Å². The van der Waals surface area contributed by atoms with Gasteiger partial charge in [-0.05, 0) is 31.0 Å². The lowest BCUT2D eigenvalue weighted by Gasteiger charge is -2.31. The topological polar surface area (TPSA) is 50.3 Å². The molecular weight excluding hydrogens is 400 g/mol. The van der Waals surface area contributed by atoms with Gasteiger partial charge in [-0.15, -0.1) is 0 Å². The number of benzene rings is 1. The molecular formula is C19H21ClN4OS2. The van der Waals surface area contributed by atoms with Crippen molar-refractivity contribution in [1.29, 1.82) is 0 Å². The maximum absolute atomic E-state index is 5.92. The molecule has 1 N–H and O–H groups in total. The van der Waals surface area contributed by atoms with Crippen molar-refractivity contribution in [2.24, 2.45) is 0 Å². The van der Waals surface area contributed by atoms with Crippen molar-refractivity contribution >= 4 is 50.2 Å². The molecule has 8 heteroatoms. The minimum atomic E-state index is 0.417. The van der Waals surface area contributed by atoms with Crippen LogP contribution in [0.4, 0.5) is 5.13 Å². The van der Waals surface area contributed by atoms with Gasteiger partial charge in [0.2, 0.25) is 0 Å². The van der Waals surface area contributed by atoms with Crippen LogP contribution in [0.15, 0.2) is 36.5 Å². The van der Waals surface area contributed by atoms with Crippen LogP contribution < -0.4 is 10.1 Å². The van der Waals surface area contributed by atoms with Gasteiger partial charge in [-0.1, -0.05) is 41.8 Å². The Morgan fingerprint density at radius 1 is 1.33 bits per heavy atom. The third-order valence-electron chi connectivity index (χ3n) is 4.32. The predicted molar refractivity (Wildman–Crippen MR) is 115 cm³/mol. The normalized spacial score (nSPS) is 17.9. The minimum Gasteiger partial charge on any atom is -0.457 e. The average molecular weight is 421 g/mol. The van der Waals surface area contributed by atoms with Crippen molar-refractivity contribution in [2.75, 3.05) is 24.2 Å². The number of anilines is 1. The molecule has 0 amide bonds. The van der Waals surface area contributed by atoms with Gasteiger partial charge in [0.25, 0.3) is 0 Å². The molecule has 3 aromatic rings. The highest BCUT2D eigenvalue weighted by atomic mass is 35.5. The van der Waals surface area contributed by atoms with Crippen LogP contribution in [0.3, 0.4) is 0 Å². The van der Waals surface area contributed by atoms with Crippen molar-refractivity contribution in [2.45, 2.75) is 25.8 Å². The number of hydrogen-bond donors (Lipinski definition) is 1. The van der Waals surface area contributed by atoms with Gasteiger partial charge in [-0.3, -0.25) is 0 Å². The fraction of sp³-hybridized carbons (Fsp3) is 0.368. The summed E-state index contributed by atoms with van der Waals surface area (Å²) in [6.45, 7) is 4.44. The highest BCUT2D eigenvalue weighted by Gasteiger charge is 2.20. The Kier molecular flexibility index (Phi) is 6.02. The zero-order valence-corrected chi connectivity index (χ0v) is 17.4. The molecule has 3 heterocycles. The van der Waals surface area contributed by atoms with Gasteiger partial charge >= 0.3 is 0 Å². The van der Waals surface area contributed by atoms with E-state index in [0.29, 0.717) is 16.9 Å². The van der Waals surface area contributed by atoms with E-state index in [0.717, 1.165) is 33.4 Å². The molecule has 4 rings (SSSR count). The highest BCUT2D eigenvalue weighted by molar-refractivity contribution is 7.96. The summed E-state index contributed by atoms with van der Waals surface area (Å²) in [6, 6.07) is 9.89. The monoisotopic (exact) mass is 420 g/mol. The van der Waals surface area contributed by atoms with Gasteiger partial charge in [0.15, 0.2) is 5.13 Å². The van der Waals surface area contributed by atoms with Crippen molar-refractivity contribution in [3.63, 3.8) is 0 Å². The van der Waals surface area contributed by atoms with Gasteiger partial charge < -0.3 is 10.1 Å². The Labute approximate surface area is 172 Å². The van der Waals surface area contributed by atoms with Crippen molar-refractivity contribution in [1.82, 2.24) is 14.3 Å². The fourth-order valence-corrected chi connectivity index (χ4v) is 5.19. The zero-order valence-electron chi connectivity index (χ0n) is 15.0. The lowest BCUT2D eigenvalue weighted by molar-refractivity contribution is 0.356. The molecule has 2 aromatic heterocycles. The molecule has 1 unspecified atom stereocenters. The maximum Gasteiger partial charge on any atom is 0.184 e. The van der Waals surface area contributed by atoms with E-state index in [2.05, 4.69) is 21.5 Å². The molecule has 1 aromatic carbocycles. The second-order valence-corrected chi connectivity index (χ2v) is 9.12. The highest BCUT2D eigenvalue weighted by Crippen LogP contribution is 2.32. The van der Waals surface area contributed by atoms with E-state index in [-0.39, 0.29) is 0 Å². The molecule has 0 saturated carbocycles. The van der Waals surface area contributed by atoms with Gasteiger partial charge in [0.1, 0.15) is 16.7 Å².